The first-order valence-corrected chi connectivity index (χ1v) is 6.23. The van der Waals surface area contributed by atoms with Gasteiger partial charge in [0.1, 0.15) is 5.69 Å². The van der Waals surface area contributed by atoms with Gasteiger partial charge in [-0.15, -0.1) is 0 Å². The molecule has 0 atom stereocenters. The largest absolute Gasteiger partial charge is 0.379 e. The van der Waals surface area contributed by atoms with Gasteiger partial charge in [0.25, 0.3) is 5.69 Å². The Bertz CT molecular complexity index is 439. The second-order valence-corrected chi connectivity index (χ2v) is 5.77. The highest BCUT2D eigenvalue weighted by atomic mass is 16.6. The van der Waals surface area contributed by atoms with Crippen molar-refractivity contribution in [3.63, 3.8) is 0 Å². The van der Waals surface area contributed by atoms with Crippen LogP contribution in [-0.4, -0.2) is 11.5 Å². The van der Waals surface area contributed by atoms with Gasteiger partial charge in [-0.1, -0.05) is 33.8 Å². The highest BCUT2D eigenvalue weighted by molar-refractivity contribution is 5.62. The highest BCUT2D eigenvalue weighted by Gasteiger charge is 2.23. The molecule has 18 heavy (non-hydrogen) atoms. The van der Waals surface area contributed by atoms with E-state index in [-0.39, 0.29) is 16.0 Å². The standard InChI is InChI=1S/C14H22N2O2/c1-10(2)14(4,5)9-15-12-7-6-11(3)8-13(12)16(17)18/h6-8,10,15H,9H2,1-5H3. The summed E-state index contributed by atoms with van der Waals surface area (Å²) in [6.45, 7) is 11.2. The molecule has 0 spiro atoms. The van der Waals surface area contributed by atoms with E-state index in [9.17, 15) is 10.1 Å². The minimum absolute atomic E-state index is 0.0960. The molecule has 0 bridgehead atoms. The summed E-state index contributed by atoms with van der Waals surface area (Å²) < 4.78 is 0. The Morgan fingerprint density at radius 2 is 2.00 bits per heavy atom. The number of nitrogens with one attached hydrogen (secondary N) is 1. The molecule has 4 heteroatoms. The molecule has 1 aromatic carbocycles. The van der Waals surface area contributed by atoms with E-state index in [1.165, 1.54) is 0 Å². The van der Waals surface area contributed by atoms with Crippen LogP contribution in [0.1, 0.15) is 33.3 Å². The van der Waals surface area contributed by atoms with Crippen molar-refractivity contribution in [3.8, 4) is 0 Å². The third-order valence-corrected chi connectivity index (χ3v) is 3.65. The topological polar surface area (TPSA) is 55.2 Å². The van der Waals surface area contributed by atoms with Crippen LogP contribution in [0.25, 0.3) is 0 Å². The molecule has 0 saturated carbocycles. The molecule has 1 aromatic rings. The molecule has 0 unspecified atom stereocenters. The summed E-state index contributed by atoms with van der Waals surface area (Å²) in [5.74, 6) is 0.509. The fourth-order valence-corrected chi connectivity index (χ4v) is 1.47. The Hall–Kier alpha value is -1.58. The lowest BCUT2D eigenvalue weighted by atomic mass is 9.81. The van der Waals surface area contributed by atoms with Crippen LogP contribution in [-0.2, 0) is 0 Å². The summed E-state index contributed by atoms with van der Waals surface area (Å²) in [4.78, 5) is 10.7. The van der Waals surface area contributed by atoms with E-state index in [0.717, 1.165) is 5.56 Å². The van der Waals surface area contributed by atoms with E-state index < -0.39 is 0 Å². The fraction of sp³-hybridized carbons (Fsp3) is 0.571. The molecule has 100 valence electrons. The molecule has 0 aromatic heterocycles. The second-order valence-electron chi connectivity index (χ2n) is 5.77. The molecule has 0 aliphatic carbocycles. The number of benzene rings is 1. The van der Waals surface area contributed by atoms with Gasteiger partial charge in [-0.3, -0.25) is 10.1 Å². The lowest BCUT2D eigenvalue weighted by Crippen LogP contribution is -2.28. The van der Waals surface area contributed by atoms with E-state index in [4.69, 9.17) is 0 Å². The maximum atomic E-state index is 11.0. The zero-order valence-corrected chi connectivity index (χ0v) is 11.8. The first-order valence-electron chi connectivity index (χ1n) is 6.23. The molecule has 0 fully saturated rings. The maximum absolute atomic E-state index is 11.0. The zero-order valence-electron chi connectivity index (χ0n) is 11.8. The Labute approximate surface area is 109 Å². The van der Waals surface area contributed by atoms with Gasteiger partial charge in [-0.05, 0) is 29.9 Å². The van der Waals surface area contributed by atoms with Crippen molar-refractivity contribution in [2.45, 2.75) is 34.6 Å². The summed E-state index contributed by atoms with van der Waals surface area (Å²) in [6, 6.07) is 5.27. The van der Waals surface area contributed by atoms with Crippen molar-refractivity contribution in [1.82, 2.24) is 0 Å². The van der Waals surface area contributed by atoms with Crippen molar-refractivity contribution in [2.75, 3.05) is 11.9 Å². The van der Waals surface area contributed by atoms with Gasteiger partial charge in [0, 0.05) is 12.6 Å². The van der Waals surface area contributed by atoms with Crippen LogP contribution in [0.5, 0.6) is 0 Å². The Balaban J connectivity index is 2.89. The van der Waals surface area contributed by atoms with E-state index in [2.05, 4.69) is 33.0 Å². The first-order chi connectivity index (χ1) is 8.24. The molecule has 4 nitrogen and oxygen atoms in total. The number of hydrogen-bond donors (Lipinski definition) is 1. The normalized spacial score (nSPS) is 11.7. The monoisotopic (exact) mass is 250 g/mol. The molecule has 0 radical (unpaired) electrons. The number of nitro groups is 1. The lowest BCUT2D eigenvalue weighted by Gasteiger charge is -2.29. The predicted molar refractivity (Wildman–Crippen MR) is 74.9 cm³/mol. The number of nitro benzene ring substituents is 1. The fourth-order valence-electron chi connectivity index (χ4n) is 1.47. The number of nitrogens with zero attached hydrogens (tertiary/aromatic N) is 1. The first kappa shape index (κ1) is 14.5. The maximum Gasteiger partial charge on any atom is 0.292 e. The van der Waals surface area contributed by atoms with Crippen LogP contribution in [0, 0.1) is 28.4 Å². The summed E-state index contributed by atoms with van der Waals surface area (Å²) in [5, 5.41) is 14.2. The molecule has 0 saturated heterocycles. The summed E-state index contributed by atoms with van der Waals surface area (Å²) >= 11 is 0. The minimum Gasteiger partial charge on any atom is -0.379 e. The van der Waals surface area contributed by atoms with Gasteiger partial charge in [-0.2, -0.15) is 0 Å². The minimum atomic E-state index is -0.336. The predicted octanol–water partition coefficient (Wildman–Crippen LogP) is 4.00. The number of anilines is 1. The van der Waals surface area contributed by atoms with Crippen molar-refractivity contribution >= 4 is 11.4 Å². The van der Waals surface area contributed by atoms with Gasteiger partial charge in [0.15, 0.2) is 0 Å². The van der Waals surface area contributed by atoms with E-state index in [0.29, 0.717) is 18.2 Å². The van der Waals surface area contributed by atoms with Crippen molar-refractivity contribution < 1.29 is 4.92 Å². The van der Waals surface area contributed by atoms with Gasteiger partial charge < -0.3 is 5.32 Å². The lowest BCUT2D eigenvalue weighted by molar-refractivity contribution is -0.384. The Morgan fingerprint density at radius 1 is 1.39 bits per heavy atom. The zero-order chi connectivity index (χ0) is 13.9. The van der Waals surface area contributed by atoms with Gasteiger partial charge in [0.05, 0.1) is 4.92 Å². The quantitative estimate of drug-likeness (QED) is 0.634. The Kier molecular flexibility index (Phi) is 4.33. The summed E-state index contributed by atoms with van der Waals surface area (Å²) in [6.07, 6.45) is 0. The van der Waals surface area contributed by atoms with Gasteiger partial charge >= 0.3 is 0 Å². The van der Waals surface area contributed by atoms with Crippen LogP contribution in [0.4, 0.5) is 11.4 Å². The van der Waals surface area contributed by atoms with E-state index >= 15 is 0 Å². The average molecular weight is 250 g/mol. The van der Waals surface area contributed by atoms with Crippen LogP contribution < -0.4 is 5.32 Å². The number of hydrogen-bond acceptors (Lipinski definition) is 3. The van der Waals surface area contributed by atoms with Crippen LogP contribution in [0.15, 0.2) is 18.2 Å². The molecule has 0 heterocycles. The molecule has 0 amide bonds. The van der Waals surface area contributed by atoms with Crippen molar-refractivity contribution in [3.05, 3.63) is 33.9 Å². The van der Waals surface area contributed by atoms with Gasteiger partial charge in [-0.25, -0.2) is 0 Å². The molecular formula is C14H22N2O2. The SMILES string of the molecule is Cc1ccc(NCC(C)(C)C(C)C)c([N+](=O)[O-])c1. The van der Waals surface area contributed by atoms with Crippen LogP contribution in [0.2, 0.25) is 0 Å². The second kappa shape index (κ2) is 5.38. The molecule has 0 aliphatic rings. The summed E-state index contributed by atoms with van der Waals surface area (Å²) in [5.41, 5.74) is 1.74. The summed E-state index contributed by atoms with van der Waals surface area (Å²) in [7, 11) is 0. The van der Waals surface area contributed by atoms with Crippen LogP contribution in [0.3, 0.4) is 0 Å². The smallest absolute Gasteiger partial charge is 0.292 e. The number of aryl methyl sites for hydroxylation is 1. The van der Waals surface area contributed by atoms with Crippen molar-refractivity contribution in [2.24, 2.45) is 11.3 Å². The third kappa shape index (κ3) is 3.45. The molecule has 0 aliphatic heterocycles. The average Bonchev–Trinajstić information content (AvgIpc) is 2.27. The molecular weight excluding hydrogens is 228 g/mol. The van der Waals surface area contributed by atoms with Crippen LogP contribution >= 0.6 is 0 Å². The van der Waals surface area contributed by atoms with E-state index in [1.807, 2.05) is 13.0 Å². The third-order valence-electron chi connectivity index (χ3n) is 3.65. The number of rotatable bonds is 5. The Morgan fingerprint density at radius 3 is 2.50 bits per heavy atom. The van der Waals surface area contributed by atoms with Gasteiger partial charge in [0.2, 0.25) is 0 Å². The highest BCUT2D eigenvalue weighted by Crippen LogP contribution is 2.30. The molecule has 1 rings (SSSR count). The van der Waals surface area contributed by atoms with Crippen molar-refractivity contribution in [1.29, 1.82) is 0 Å². The van der Waals surface area contributed by atoms with E-state index in [1.54, 1.807) is 12.1 Å². The molecule has 1 N–H and O–H groups in total.